The molecule has 0 spiro atoms. The zero-order valence-corrected chi connectivity index (χ0v) is 15.3. The lowest BCUT2D eigenvalue weighted by Crippen LogP contribution is -2.15. The van der Waals surface area contributed by atoms with Crippen LogP contribution in [0.4, 0.5) is 5.95 Å². The molecule has 2 aromatic carbocycles. The fourth-order valence-electron chi connectivity index (χ4n) is 3.02. The number of nitrogens with zero attached hydrogens (tertiary/aromatic N) is 2. The molecule has 0 saturated carbocycles. The average molecular weight is 384 g/mol. The summed E-state index contributed by atoms with van der Waals surface area (Å²) in [5, 5.41) is 1.32. The summed E-state index contributed by atoms with van der Waals surface area (Å²) in [5.74, 6) is 0.220. The van der Waals surface area contributed by atoms with E-state index < -0.39 is 0 Å². The molecule has 0 unspecified atom stereocenters. The second-order valence-corrected chi connectivity index (χ2v) is 6.86. The van der Waals surface area contributed by atoms with Crippen LogP contribution in [0.5, 0.6) is 0 Å². The lowest BCUT2D eigenvalue weighted by molar-refractivity contribution is 0.146. The van der Waals surface area contributed by atoms with Crippen molar-refractivity contribution in [2.24, 2.45) is 0 Å². The molecule has 0 aliphatic carbocycles. The molecule has 1 aliphatic rings. The van der Waals surface area contributed by atoms with Gasteiger partial charge in [-0.3, -0.25) is 0 Å². The Hall–Kier alpha value is -2.40. The van der Waals surface area contributed by atoms with Gasteiger partial charge in [-0.1, -0.05) is 47.5 Å². The number of anilines is 1. The van der Waals surface area contributed by atoms with Crippen LogP contribution in [0.25, 0.3) is 22.9 Å². The van der Waals surface area contributed by atoms with Crippen molar-refractivity contribution in [1.82, 2.24) is 9.97 Å². The highest BCUT2D eigenvalue weighted by Crippen LogP contribution is 2.34. The highest BCUT2D eigenvalue weighted by Gasteiger charge is 2.22. The highest BCUT2D eigenvalue weighted by molar-refractivity contribution is 6.31. The first-order chi connectivity index (χ1) is 12.6. The highest BCUT2D eigenvalue weighted by atomic mass is 35.5. The van der Waals surface area contributed by atoms with Gasteiger partial charge < -0.3 is 10.5 Å². The Kier molecular flexibility index (Phi) is 4.64. The van der Waals surface area contributed by atoms with Crippen LogP contribution in [0.15, 0.2) is 48.5 Å². The molecule has 4 nitrogen and oxygen atoms in total. The molecular weight excluding hydrogens is 369 g/mol. The number of hydrogen-bond donors (Lipinski definition) is 1. The second kappa shape index (κ2) is 7.08. The summed E-state index contributed by atoms with van der Waals surface area (Å²) in [6.45, 7) is 0.870. The predicted octanol–water partition coefficient (Wildman–Crippen LogP) is 5.10. The van der Waals surface area contributed by atoms with E-state index in [1.165, 1.54) is 0 Å². The Morgan fingerprint density at radius 3 is 2.42 bits per heavy atom. The van der Waals surface area contributed by atoms with Crippen molar-refractivity contribution in [2.45, 2.75) is 6.61 Å². The first-order valence-corrected chi connectivity index (χ1v) is 8.82. The Balaban J connectivity index is 1.87. The van der Waals surface area contributed by atoms with Gasteiger partial charge >= 0.3 is 0 Å². The maximum Gasteiger partial charge on any atom is 0.221 e. The normalized spacial score (nSPS) is 15.1. The van der Waals surface area contributed by atoms with Crippen molar-refractivity contribution < 1.29 is 4.74 Å². The quantitative estimate of drug-likeness (QED) is 0.668. The molecule has 0 bridgehead atoms. The Bertz CT molecular complexity index is 1020. The van der Waals surface area contributed by atoms with Crippen LogP contribution in [0.1, 0.15) is 16.8 Å². The van der Waals surface area contributed by atoms with Gasteiger partial charge in [0.25, 0.3) is 0 Å². The summed E-state index contributed by atoms with van der Waals surface area (Å²) in [7, 11) is 0. The van der Waals surface area contributed by atoms with Crippen LogP contribution in [0, 0.1) is 0 Å². The number of nitrogens with two attached hydrogens (primary N) is 1. The summed E-state index contributed by atoms with van der Waals surface area (Å²) in [4.78, 5) is 8.91. The maximum absolute atomic E-state index is 6.14. The minimum Gasteiger partial charge on any atom is -0.372 e. The van der Waals surface area contributed by atoms with Crippen LogP contribution in [-0.2, 0) is 11.3 Å². The summed E-state index contributed by atoms with van der Waals surface area (Å²) in [5.41, 5.74) is 11.2. The molecule has 0 radical (unpaired) electrons. The summed E-state index contributed by atoms with van der Waals surface area (Å²) in [6.07, 6.45) is 2.01. The van der Waals surface area contributed by atoms with E-state index in [9.17, 15) is 0 Å². The Labute approximate surface area is 161 Å². The van der Waals surface area contributed by atoms with Crippen LogP contribution >= 0.6 is 23.2 Å². The van der Waals surface area contributed by atoms with E-state index in [1.54, 1.807) is 0 Å². The largest absolute Gasteiger partial charge is 0.372 e. The molecule has 1 aliphatic heterocycles. The van der Waals surface area contributed by atoms with Crippen molar-refractivity contribution in [2.75, 3.05) is 12.3 Å². The summed E-state index contributed by atoms with van der Waals surface area (Å²) >= 11 is 12.2. The molecule has 4 rings (SSSR count). The standard InChI is InChI=1S/C20H15Cl2N3O/c21-15-5-1-3-12(8-15)7-14-10-26-11-17-18(24-20(23)25-19(14)17)13-4-2-6-16(22)9-13/h1-9H,10-11H2,(H2,23,24,25)/b14-7+. The molecule has 1 aromatic heterocycles. The lowest BCUT2D eigenvalue weighted by atomic mass is 9.98. The van der Waals surface area contributed by atoms with Gasteiger partial charge in [0.15, 0.2) is 0 Å². The van der Waals surface area contributed by atoms with Gasteiger partial charge in [0.1, 0.15) is 0 Å². The number of nitrogen functional groups attached to an aromatic ring is 1. The number of fused-ring (bicyclic) bond motifs is 1. The number of halogens is 2. The number of hydrogen-bond acceptors (Lipinski definition) is 4. The first kappa shape index (κ1) is 17.0. The molecule has 0 saturated heterocycles. The van der Waals surface area contributed by atoms with Crippen LogP contribution < -0.4 is 5.73 Å². The van der Waals surface area contributed by atoms with Crippen LogP contribution in [-0.4, -0.2) is 16.6 Å². The van der Waals surface area contributed by atoms with E-state index in [2.05, 4.69) is 9.97 Å². The molecule has 6 heteroatoms. The minimum atomic E-state index is 0.220. The van der Waals surface area contributed by atoms with E-state index in [1.807, 2.05) is 54.6 Å². The van der Waals surface area contributed by atoms with Crippen molar-refractivity contribution in [3.8, 4) is 11.3 Å². The molecule has 0 atom stereocenters. The maximum atomic E-state index is 6.14. The second-order valence-electron chi connectivity index (χ2n) is 5.99. The fraction of sp³-hybridized carbons (Fsp3) is 0.100. The van der Waals surface area contributed by atoms with Crippen molar-refractivity contribution >= 4 is 40.8 Å². The molecule has 2 heterocycles. The van der Waals surface area contributed by atoms with E-state index in [4.69, 9.17) is 33.7 Å². The van der Waals surface area contributed by atoms with Gasteiger partial charge in [-0.25, -0.2) is 9.97 Å². The van der Waals surface area contributed by atoms with Gasteiger partial charge in [0.05, 0.1) is 24.6 Å². The summed E-state index contributed by atoms with van der Waals surface area (Å²) < 4.78 is 5.79. The summed E-state index contributed by atoms with van der Waals surface area (Å²) in [6, 6.07) is 15.1. The van der Waals surface area contributed by atoms with Gasteiger partial charge in [0, 0.05) is 26.7 Å². The SMILES string of the molecule is Nc1nc2c(c(-c3cccc(Cl)c3)n1)COC/C2=C\c1cccc(Cl)c1. The third-order valence-electron chi connectivity index (χ3n) is 4.12. The number of ether oxygens (including phenoxy) is 1. The van der Waals surface area contributed by atoms with Crippen LogP contribution in [0.2, 0.25) is 10.0 Å². The van der Waals surface area contributed by atoms with Gasteiger partial charge in [0.2, 0.25) is 5.95 Å². The topological polar surface area (TPSA) is 61.0 Å². The third kappa shape index (κ3) is 3.44. The third-order valence-corrected chi connectivity index (χ3v) is 4.59. The molecule has 26 heavy (non-hydrogen) atoms. The van der Waals surface area contributed by atoms with Gasteiger partial charge in [-0.2, -0.15) is 0 Å². The van der Waals surface area contributed by atoms with Crippen molar-refractivity contribution in [1.29, 1.82) is 0 Å². The number of rotatable bonds is 2. The number of aromatic nitrogens is 2. The van der Waals surface area contributed by atoms with Gasteiger partial charge in [-0.15, -0.1) is 0 Å². The smallest absolute Gasteiger partial charge is 0.221 e. The Morgan fingerprint density at radius 1 is 0.923 bits per heavy atom. The predicted molar refractivity (Wildman–Crippen MR) is 106 cm³/mol. The minimum absolute atomic E-state index is 0.220. The monoisotopic (exact) mass is 383 g/mol. The number of benzene rings is 2. The molecule has 130 valence electrons. The van der Waals surface area contributed by atoms with Crippen LogP contribution in [0.3, 0.4) is 0 Å². The molecule has 0 fully saturated rings. The zero-order valence-electron chi connectivity index (χ0n) is 13.7. The molecule has 0 amide bonds. The van der Waals surface area contributed by atoms with E-state index >= 15 is 0 Å². The van der Waals surface area contributed by atoms with E-state index in [0.29, 0.717) is 23.3 Å². The Morgan fingerprint density at radius 2 is 1.65 bits per heavy atom. The molecule has 2 N–H and O–H groups in total. The van der Waals surface area contributed by atoms with E-state index in [0.717, 1.165) is 33.7 Å². The average Bonchev–Trinajstić information content (AvgIpc) is 2.62. The first-order valence-electron chi connectivity index (χ1n) is 8.07. The molecular formula is C20H15Cl2N3O. The van der Waals surface area contributed by atoms with Crippen molar-refractivity contribution in [3.63, 3.8) is 0 Å². The molecule has 3 aromatic rings. The van der Waals surface area contributed by atoms with Crippen molar-refractivity contribution in [3.05, 3.63) is 75.4 Å². The van der Waals surface area contributed by atoms with E-state index in [-0.39, 0.29) is 5.95 Å². The zero-order chi connectivity index (χ0) is 18.1. The fourth-order valence-corrected chi connectivity index (χ4v) is 3.41. The lowest BCUT2D eigenvalue weighted by Gasteiger charge is -2.21. The van der Waals surface area contributed by atoms with Gasteiger partial charge in [-0.05, 0) is 35.9 Å².